The van der Waals surface area contributed by atoms with Crippen molar-refractivity contribution >= 4 is 0 Å². The monoisotopic (exact) mass is 344 g/mol. The molecule has 0 aliphatic heterocycles. The Morgan fingerprint density at radius 3 is 2.08 bits per heavy atom. The van der Waals surface area contributed by atoms with Crippen LogP contribution >= 0.6 is 0 Å². The van der Waals surface area contributed by atoms with Gasteiger partial charge in [0.25, 0.3) is 0 Å². The Labute approximate surface area is 156 Å². The van der Waals surface area contributed by atoms with Gasteiger partial charge in [0.1, 0.15) is 5.75 Å². The lowest BCUT2D eigenvalue weighted by molar-refractivity contribution is 0.293. The number of hydrogen-bond acceptors (Lipinski definition) is 1. The van der Waals surface area contributed by atoms with Crippen molar-refractivity contribution in [2.75, 3.05) is 6.61 Å². The second kappa shape index (κ2) is 8.14. The number of hydrogen-bond donors (Lipinski definition) is 0. The largest absolute Gasteiger partial charge is 0.493 e. The maximum Gasteiger partial charge on any atom is 0.123 e. The molecular formula is C24H40O. The average Bonchev–Trinajstić information content (AvgIpc) is 2.57. The normalized spacial score (nSPS) is 19.3. The van der Waals surface area contributed by atoms with Crippen LogP contribution in [0, 0.1) is 0 Å². The van der Waals surface area contributed by atoms with Gasteiger partial charge in [-0.2, -0.15) is 0 Å². The van der Waals surface area contributed by atoms with Gasteiger partial charge >= 0.3 is 0 Å². The van der Waals surface area contributed by atoms with Gasteiger partial charge in [-0.1, -0.05) is 73.8 Å². The number of unbranched alkanes of at least 4 members (excludes halogenated alkanes) is 3. The first kappa shape index (κ1) is 20.3. The molecule has 0 bridgehead atoms. The van der Waals surface area contributed by atoms with E-state index in [1.807, 2.05) is 0 Å². The van der Waals surface area contributed by atoms with Crippen molar-refractivity contribution in [3.8, 4) is 5.75 Å². The summed E-state index contributed by atoms with van der Waals surface area (Å²) in [5, 5.41) is 0. The van der Waals surface area contributed by atoms with Crippen molar-refractivity contribution in [3.63, 3.8) is 0 Å². The van der Waals surface area contributed by atoms with Gasteiger partial charge in [0.05, 0.1) is 6.61 Å². The first-order valence-electron chi connectivity index (χ1n) is 10.5. The molecule has 0 radical (unpaired) electrons. The summed E-state index contributed by atoms with van der Waals surface area (Å²) in [5.74, 6) is 1.70. The Kier molecular flexibility index (Phi) is 6.62. The number of rotatable bonds is 8. The van der Waals surface area contributed by atoms with Crippen molar-refractivity contribution in [1.29, 1.82) is 0 Å². The Hall–Kier alpha value is -0.980. The Morgan fingerprint density at radius 2 is 1.52 bits per heavy atom. The van der Waals surface area contributed by atoms with Gasteiger partial charge in [-0.25, -0.2) is 0 Å². The molecule has 0 spiro atoms. The number of ether oxygens (including phenoxy) is 1. The van der Waals surface area contributed by atoms with Crippen LogP contribution < -0.4 is 4.74 Å². The smallest absolute Gasteiger partial charge is 0.123 e. The van der Waals surface area contributed by atoms with Crippen LogP contribution in [0.5, 0.6) is 5.75 Å². The molecule has 2 rings (SSSR count). The highest BCUT2D eigenvalue weighted by Gasteiger charge is 2.38. The van der Waals surface area contributed by atoms with E-state index in [4.69, 9.17) is 4.74 Å². The van der Waals surface area contributed by atoms with Crippen molar-refractivity contribution in [1.82, 2.24) is 0 Å². The summed E-state index contributed by atoms with van der Waals surface area (Å²) in [4.78, 5) is 0. The molecule has 0 heterocycles. The molecule has 0 amide bonds. The van der Waals surface area contributed by atoms with Crippen molar-refractivity contribution in [3.05, 3.63) is 28.8 Å². The second-order valence-electron chi connectivity index (χ2n) is 9.42. The van der Waals surface area contributed by atoms with Crippen LogP contribution in [0.3, 0.4) is 0 Å². The standard InChI is InChI=1S/C24H40O/c1-8-10-11-12-15-25-22-17-21-20(16-19(22)18(3)9-2)23(4,5)13-14-24(21,6)7/h16-18H,8-15H2,1-7H3. The number of benzene rings is 1. The van der Waals surface area contributed by atoms with Gasteiger partial charge in [0.2, 0.25) is 0 Å². The van der Waals surface area contributed by atoms with Gasteiger partial charge in [0, 0.05) is 0 Å². The maximum absolute atomic E-state index is 6.33. The van der Waals surface area contributed by atoms with E-state index in [0.717, 1.165) is 18.8 Å². The van der Waals surface area contributed by atoms with E-state index in [9.17, 15) is 0 Å². The Balaban J connectivity index is 2.37. The molecule has 0 saturated heterocycles. The van der Waals surface area contributed by atoms with Crippen LogP contribution in [0.1, 0.15) is 116 Å². The maximum atomic E-state index is 6.33. The Bertz CT molecular complexity index is 568. The van der Waals surface area contributed by atoms with E-state index >= 15 is 0 Å². The van der Waals surface area contributed by atoms with Crippen molar-refractivity contribution < 1.29 is 4.74 Å². The summed E-state index contributed by atoms with van der Waals surface area (Å²) in [5.41, 5.74) is 5.01. The lowest BCUT2D eigenvalue weighted by atomic mass is 9.62. The summed E-state index contributed by atoms with van der Waals surface area (Å²) in [6, 6.07) is 4.89. The van der Waals surface area contributed by atoms with Crippen LogP contribution in [0.25, 0.3) is 0 Å². The van der Waals surface area contributed by atoms with Crippen LogP contribution in [0.15, 0.2) is 12.1 Å². The zero-order valence-electron chi connectivity index (χ0n) is 17.8. The van der Waals surface area contributed by atoms with Crippen molar-refractivity contribution in [2.24, 2.45) is 0 Å². The minimum Gasteiger partial charge on any atom is -0.493 e. The summed E-state index contributed by atoms with van der Waals surface area (Å²) in [6.45, 7) is 17.3. The predicted octanol–water partition coefficient (Wildman–Crippen LogP) is 7.51. The summed E-state index contributed by atoms with van der Waals surface area (Å²) >= 11 is 0. The van der Waals surface area contributed by atoms with Crippen LogP contribution in [-0.2, 0) is 10.8 Å². The summed E-state index contributed by atoms with van der Waals surface area (Å²) in [6.07, 6.45) is 8.72. The minimum absolute atomic E-state index is 0.249. The lowest BCUT2D eigenvalue weighted by Crippen LogP contribution is -2.34. The van der Waals surface area contributed by atoms with E-state index in [2.05, 4.69) is 60.6 Å². The molecule has 0 aromatic heterocycles. The highest BCUT2D eigenvalue weighted by Crippen LogP contribution is 2.48. The predicted molar refractivity (Wildman–Crippen MR) is 110 cm³/mol. The van der Waals surface area contributed by atoms with Gasteiger partial charge < -0.3 is 4.74 Å². The molecule has 1 aromatic rings. The zero-order valence-corrected chi connectivity index (χ0v) is 17.8. The van der Waals surface area contributed by atoms with Gasteiger partial charge in [-0.15, -0.1) is 0 Å². The molecule has 1 unspecified atom stereocenters. The highest BCUT2D eigenvalue weighted by molar-refractivity contribution is 5.51. The fourth-order valence-electron chi connectivity index (χ4n) is 4.05. The van der Waals surface area contributed by atoms with Crippen molar-refractivity contribution in [2.45, 2.75) is 110 Å². The third-order valence-corrected chi connectivity index (χ3v) is 6.38. The van der Waals surface area contributed by atoms with Crippen LogP contribution in [-0.4, -0.2) is 6.61 Å². The Morgan fingerprint density at radius 1 is 0.920 bits per heavy atom. The third-order valence-electron chi connectivity index (χ3n) is 6.38. The molecule has 1 aliphatic rings. The number of fused-ring (bicyclic) bond motifs is 1. The molecule has 1 atom stereocenters. The molecule has 0 N–H and O–H groups in total. The SMILES string of the molecule is CCCCCCOc1cc2c(cc1C(C)CC)C(C)(C)CCC2(C)C. The fraction of sp³-hybridized carbons (Fsp3) is 0.750. The molecule has 25 heavy (non-hydrogen) atoms. The molecular weight excluding hydrogens is 304 g/mol. The van der Waals surface area contributed by atoms with Gasteiger partial charge in [-0.3, -0.25) is 0 Å². The molecule has 1 aliphatic carbocycles. The molecule has 0 saturated carbocycles. The summed E-state index contributed by atoms with van der Waals surface area (Å²) in [7, 11) is 0. The molecule has 1 nitrogen and oxygen atoms in total. The minimum atomic E-state index is 0.249. The highest BCUT2D eigenvalue weighted by atomic mass is 16.5. The van der Waals surface area contributed by atoms with Gasteiger partial charge in [0.15, 0.2) is 0 Å². The molecule has 1 heteroatoms. The lowest BCUT2D eigenvalue weighted by Gasteiger charge is -2.42. The van der Waals surface area contributed by atoms with E-state index in [-0.39, 0.29) is 10.8 Å². The first-order valence-corrected chi connectivity index (χ1v) is 10.5. The van der Waals surface area contributed by atoms with E-state index in [1.165, 1.54) is 49.7 Å². The van der Waals surface area contributed by atoms with E-state index in [1.54, 1.807) is 5.56 Å². The van der Waals surface area contributed by atoms with E-state index in [0.29, 0.717) is 5.92 Å². The third kappa shape index (κ3) is 4.60. The van der Waals surface area contributed by atoms with Gasteiger partial charge in [-0.05, 0) is 65.2 Å². The first-order chi connectivity index (χ1) is 11.7. The van der Waals surface area contributed by atoms with E-state index < -0.39 is 0 Å². The second-order valence-corrected chi connectivity index (χ2v) is 9.42. The molecule has 0 fully saturated rings. The summed E-state index contributed by atoms with van der Waals surface area (Å²) < 4.78 is 6.33. The average molecular weight is 345 g/mol. The fourth-order valence-corrected chi connectivity index (χ4v) is 4.05. The van der Waals surface area contributed by atoms with Crippen LogP contribution in [0.4, 0.5) is 0 Å². The zero-order chi connectivity index (χ0) is 18.7. The van der Waals surface area contributed by atoms with Crippen LogP contribution in [0.2, 0.25) is 0 Å². The topological polar surface area (TPSA) is 9.23 Å². The quantitative estimate of drug-likeness (QED) is 0.443. The molecule has 142 valence electrons. The molecule has 1 aromatic carbocycles.